The molecule has 1 saturated heterocycles. The number of carbonyl (C=O) groups excluding carboxylic acids is 1. The summed E-state index contributed by atoms with van der Waals surface area (Å²) < 4.78 is 0. The van der Waals surface area contributed by atoms with Crippen LogP contribution in [0.3, 0.4) is 0 Å². The zero-order chi connectivity index (χ0) is 14.8. The number of carboxylic acids is 1. The summed E-state index contributed by atoms with van der Waals surface area (Å²) in [7, 11) is 0. The molecule has 2 amide bonds. The maximum atomic E-state index is 11.6. The number of aliphatic carboxylic acids is 1. The van der Waals surface area contributed by atoms with Crippen LogP contribution in [0.4, 0.5) is 4.79 Å². The molecule has 6 heteroatoms. The Morgan fingerprint density at radius 1 is 1.35 bits per heavy atom. The number of rotatable bonds is 9. The maximum absolute atomic E-state index is 11.6. The fourth-order valence-electron chi connectivity index (χ4n) is 2.31. The summed E-state index contributed by atoms with van der Waals surface area (Å²) >= 11 is 1.95. The van der Waals surface area contributed by atoms with Crippen molar-refractivity contribution in [3.8, 4) is 0 Å². The lowest BCUT2D eigenvalue weighted by molar-refractivity contribution is -0.137. The Labute approximate surface area is 125 Å². The Balaban J connectivity index is 2.05. The second kappa shape index (κ2) is 9.91. The molecule has 2 unspecified atom stereocenters. The van der Waals surface area contributed by atoms with Crippen LogP contribution in [0.5, 0.6) is 0 Å². The van der Waals surface area contributed by atoms with Crippen molar-refractivity contribution in [2.24, 2.45) is 11.8 Å². The largest absolute Gasteiger partial charge is 0.481 e. The highest BCUT2D eigenvalue weighted by Gasteiger charge is 2.16. The summed E-state index contributed by atoms with van der Waals surface area (Å²) in [5.41, 5.74) is 0. The predicted octanol–water partition coefficient (Wildman–Crippen LogP) is 2.32. The number of carboxylic acid groups (broad SMARTS) is 1. The molecule has 0 aromatic carbocycles. The first-order valence-corrected chi connectivity index (χ1v) is 8.58. The Hall–Kier alpha value is -0.910. The van der Waals surface area contributed by atoms with Crippen LogP contribution in [0.1, 0.15) is 39.0 Å². The first kappa shape index (κ1) is 17.1. The van der Waals surface area contributed by atoms with E-state index in [1.54, 1.807) is 0 Å². The Morgan fingerprint density at radius 2 is 2.15 bits per heavy atom. The van der Waals surface area contributed by atoms with Crippen LogP contribution < -0.4 is 10.6 Å². The van der Waals surface area contributed by atoms with Crippen molar-refractivity contribution in [1.82, 2.24) is 10.6 Å². The van der Waals surface area contributed by atoms with Gasteiger partial charge in [-0.15, -0.1) is 0 Å². The number of urea groups is 1. The molecular formula is C14H26N2O3S. The van der Waals surface area contributed by atoms with Gasteiger partial charge >= 0.3 is 12.0 Å². The van der Waals surface area contributed by atoms with Gasteiger partial charge in [0.2, 0.25) is 0 Å². The van der Waals surface area contributed by atoms with E-state index in [-0.39, 0.29) is 12.5 Å². The average molecular weight is 302 g/mol. The molecule has 1 heterocycles. The fraction of sp³-hybridized carbons (Fsp3) is 0.857. The molecule has 0 saturated carbocycles. The van der Waals surface area contributed by atoms with E-state index >= 15 is 0 Å². The van der Waals surface area contributed by atoms with Gasteiger partial charge in [-0.1, -0.05) is 13.3 Å². The first-order chi connectivity index (χ1) is 9.61. The van der Waals surface area contributed by atoms with E-state index in [1.807, 2.05) is 11.8 Å². The quantitative estimate of drug-likeness (QED) is 0.611. The topological polar surface area (TPSA) is 78.4 Å². The molecule has 0 bridgehead atoms. The highest BCUT2D eigenvalue weighted by atomic mass is 32.2. The van der Waals surface area contributed by atoms with Gasteiger partial charge in [-0.2, -0.15) is 11.8 Å². The number of amides is 2. The molecule has 3 N–H and O–H groups in total. The number of thioether (sulfide) groups is 1. The smallest absolute Gasteiger partial charge is 0.314 e. The Bertz CT molecular complexity index is 307. The highest BCUT2D eigenvalue weighted by Crippen LogP contribution is 2.22. The van der Waals surface area contributed by atoms with Crippen LogP contribution in [0, 0.1) is 11.8 Å². The number of carbonyl (C=O) groups is 2. The van der Waals surface area contributed by atoms with Gasteiger partial charge in [0.15, 0.2) is 0 Å². The van der Waals surface area contributed by atoms with Crippen LogP contribution >= 0.6 is 11.8 Å². The molecule has 2 atom stereocenters. The minimum absolute atomic E-state index is 0.102. The van der Waals surface area contributed by atoms with Crippen LogP contribution in [-0.4, -0.2) is 41.7 Å². The Morgan fingerprint density at radius 3 is 2.75 bits per heavy atom. The SMILES string of the molecule is CCC(CCNC(=O)NCC1CCSC1)CCC(=O)O. The Kier molecular flexibility index (Phi) is 8.49. The molecule has 0 spiro atoms. The van der Waals surface area contributed by atoms with Gasteiger partial charge in [0.1, 0.15) is 0 Å². The summed E-state index contributed by atoms with van der Waals surface area (Å²) in [6.45, 7) is 3.43. The minimum atomic E-state index is -0.747. The third-order valence-corrected chi connectivity index (χ3v) is 4.99. The fourth-order valence-corrected chi connectivity index (χ4v) is 3.60. The van der Waals surface area contributed by atoms with E-state index in [1.165, 1.54) is 12.2 Å². The predicted molar refractivity (Wildman–Crippen MR) is 82.1 cm³/mol. The van der Waals surface area contributed by atoms with E-state index in [9.17, 15) is 9.59 Å². The highest BCUT2D eigenvalue weighted by molar-refractivity contribution is 7.99. The van der Waals surface area contributed by atoms with Crippen molar-refractivity contribution >= 4 is 23.8 Å². The normalized spacial score (nSPS) is 19.6. The van der Waals surface area contributed by atoms with Gasteiger partial charge in [-0.25, -0.2) is 4.79 Å². The van der Waals surface area contributed by atoms with E-state index in [0.29, 0.717) is 24.8 Å². The van der Waals surface area contributed by atoms with Crippen molar-refractivity contribution in [2.45, 2.75) is 39.0 Å². The van der Waals surface area contributed by atoms with Crippen molar-refractivity contribution < 1.29 is 14.7 Å². The van der Waals surface area contributed by atoms with Crippen molar-refractivity contribution in [1.29, 1.82) is 0 Å². The lowest BCUT2D eigenvalue weighted by Crippen LogP contribution is -2.39. The van der Waals surface area contributed by atoms with Crippen LogP contribution in [0.2, 0.25) is 0 Å². The second-order valence-corrected chi connectivity index (χ2v) is 6.51. The van der Waals surface area contributed by atoms with Gasteiger partial charge in [0, 0.05) is 19.5 Å². The molecule has 1 fully saturated rings. The molecular weight excluding hydrogens is 276 g/mol. The van der Waals surface area contributed by atoms with E-state index in [0.717, 1.165) is 25.1 Å². The lowest BCUT2D eigenvalue weighted by atomic mass is 9.97. The molecule has 5 nitrogen and oxygen atoms in total. The van der Waals surface area contributed by atoms with Crippen molar-refractivity contribution in [3.05, 3.63) is 0 Å². The van der Waals surface area contributed by atoms with Crippen LogP contribution in [0.15, 0.2) is 0 Å². The van der Waals surface area contributed by atoms with E-state index < -0.39 is 5.97 Å². The van der Waals surface area contributed by atoms with Crippen LogP contribution in [-0.2, 0) is 4.79 Å². The zero-order valence-electron chi connectivity index (χ0n) is 12.2. The summed E-state index contributed by atoms with van der Waals surface area (Å²) in [6.07, 6.45) is 3.89. The standard InChI is InChI=1S/C14H26N2O3S/c1-2-11(3-4-13(17)18)5-7-15-14(19)16-9-12-6-8-20-10-12/h11-12H,2-10H2,1H3,(H,17,18)(H2,15,16,19). The summed E-state index contributed by atoms with van der Waals surface area (Å²) in [6, 6.07) is -0.102. The molecule has 0 aromatic heterocycles. The maximum Gasteiger partial charge on any atom is 0.314 e. The van der Waals surface area contributed by atoms with E-state index in [4.69, 9.17) is 5.11 Å². The third-order valence-electron chi connectivity index (χ3n) is 3.76. The number of nitrogens with one attached hydrogen (secondary N) is 2. The van der Waals surface area contributed by atoms with Gasteiger partial charge < -0.3 is 15.7 Å². The van der Waals surface area contributed by atoms with Crippen molar-refractivity contribution in [2.75, 3.05) is 24.6 Å². The zero-order valence-corrected chi connectivity index (χ0v) is 13.0. The monoisotopic (exact) mass is 302 g/mol. The van der Waals surface area contributed by atoms with Crippen molar-refractivity contribution in [3.63, 3.8) is 0 Å². The number of hydrogen-bond donors (Lipinski definition) is 3. The minimum Gasteiger partial charge on any atom is -0.481 e. The first-order valence-electron chi connectivity index (χ1n) is 7.43. The third kappa shape index (κ3) is 7.62. The molecule has 0 aliphatic carbocycles. The van der Waals surface area contributed by atoms with Gasteiger partial charge in [-0.05, 0) is 42.6 Å². The average Bonchev–Trinajstić information content (AvgIpc) is 2.93. The molecule has 0 aromatic rings. The molecule has 116 valence electrons. The van der Waals surface area contributed by atoms with Crippen LogP contribution in [0.25, 0.3) is 0 Å². The lowest BCUT2D eigenvalue weighted by Gasteiger charge is -2.15. The van der Waals surface area contributed by atoms with Gasteiger partial charge in [0.05, 0.1) is 0 Å². The van der Waals surface area contributed by atoms with Gasteiger partial charge in [-0.3, -0.25) is 4.79 Å². The summed E-state index contributed by atoms with van der Waals surface area (Å²) in [5.74, 6) is 2.59. The van der Waals surface area contributed by atoms with E-state index in [2.05, 4.69) is 17.6 Å². The second-order valence-electron chi connectivity index (χ2n) is 5.36. The molecule has 1 rings (SSSR count). The summed E-state index contributed by atoms with van der Waals surface area (Å²) in [5, 5.41) is 14.4. The molecule has 0 radical (unpaired) electrons. The summed E-state index contributed by atoms with van der Waals surface area (Å²) in [4.78, 5) is 22.1. The van der Waals surface area contributed by atoms with Gasteiger partial charge in [0.25, 0.3) is 0 Å². The number of hydrogen-bond acceptors (Lipinski definition) is 3. The molecule has 1 aliphatic rings. The molecule has 20 heavy (non-hydrogen) atoms. The molecule has 1 aliphatic heterocycles.